The van der Waals surface area contributed by atoms with Crippen LogP contribution in [0.25, 0.3) is 10.2 Å². The van der Waals surface area contributed by atoms with Crippen LogP contribution < -0.4 is 4.90 Å². The van der Waals surface area contributed by atoms with Crippen molar-refractivity contribution in [1.29, 1.82) is 0 Å². The number of para-hydroxylation sites is 1. The number of anilines is 1. The van der Waals surface area contributed by atoms with Crippen LogP contribution in [-0.4, -0.2) is 41.7 Å². The number of nitrogens with zero attached hydrogens (tertiary/aromatic N) is 2. The van der Waals surface area contributed by atoms with Crippen molar-refractivity contribution in [3.8, 4) is 0 Å². The molecule has 3 heterocycles. The van der Waals surface area contributed by atoms with Gasteiger partial charge >= 0.3 is 0 Å². The van der Waals surface area contributed by atoms with Crippen LogP contribution in [0, 0.1) is 0 Å². The molecule has 4 nitrogen and oxygen atoms in total. The average molecular weight is 443 g/mol. The van der Waals surface area contributed by atoms with Gasteiger partial charge in [-0.1, -0.05) is 35.6 Å². The third-order valence-electron chi connectivity index (χ3n) is 5.22. The van der Waals surface area contributed by atoms with Gasteiger partial charge in [0, 0.05) is 23.7 Å². The summed E-state index contributed by atoms with van der Waals surface area (Å²) < 4.78 is 7.42. The first-order chi connectivity index (χ1) is 14.3. The van der Waals surface area contributed by atoms with E-state index in [0.717, 1.165) is 34.8 Å². The standard InChI is InChI=1S/C22H22N2O2S3/c25-20(15-7-9-16(10-8-15)21-27-12-13-28-21)24(14-17-4-3-11-26-17)22-23-18-5-1-2-6-19(18)29-22/h1-2,5-10,17,21H,3-4,11-14H2. The van der Waals surface area contributed by atoms with Gasteiger partial charge in [-0.25, -0.2) is 4.98 Å². The van der Waals surface area contributed by atoms with Crippen LogP contribution >= 0.6 is 34.9 Å². The predicted octanol–water partition coefficient (Wildman–Crippen LogP) is 5.60. The molecule has 2 aliphatic heterocycles. The second-order valence-electron chi connectivity index (χ2n) is 7.21. The Hall–Kier alpha value is -1.54. The fourth-order valence-corrected chi connectivity index (χ4v) is 7.54. The summed E-state index contributed by atoms with van der Waals surface area (Å²) in [7, 11) is 0. The number of carbonyl (C=O) groups is 1. The summed E-state index contributed by atoms with van der Waals surface area (Å²) in [5.74, 6) is 2.39. The van der Waals surface area contributed by atoms with Crippen molar-refractivity contribution in [3.63, 3.8) is 0 Å². The Morgan fingerprint density at radius 1 is 1.10 bits per heavy atom. The molecule has 7 heteroatoms. The van der Waals surface area contributed by atoms with Crippen molar-refractivity contribution in [3.05, 3.63) is 59.7 Å². The molecule has 1 aromatic heterocycles. The van der Waals surface area contributed by atoms with Gasteiger partial charge in [-0.15, -0.1) is 23.5 Å². The predicted molar refractivity (Wildman–Crippen MR) is 124 cm³/mol. The van der Waals surface area contributed by atoms with Crippen molar-refractivity contribution in [2.75, 3.05) is 29.6 Å². The van der Waals surface area contributed by atoms with E-state index in [-0.39, 0.29) is 12.0 Å². The summed E-state index contributed by atoms with van der Waals surface area (Å²) in [4.78, 5) is 20.0. The highest BCUT2D eigenvalue weighted by Gasteiger charge is 2.27. The van der Waals surface area contributed by atoms with Gasteiger partial charge in [0.1, 0.15) is 0 Å². The molecule has 2 fully saturated rings. The zero-order valence-electron chi connectivity index (χ0n) is 16.0. The molecule has 5 rings (SSSR count). The maximum absolute atomic E-state index is 13.5. The first-order valence-electron chi connectivity index (χ1n) is 9.90. The molecule has 0 N–H and O–H groups in total. The van der Waals surface area contributed by atoms with Crippen LogP contribution in [0.1, 0.15) is 33.3 Å². The van der Waals surface area contributed by atoms with Gasteiger partial charge in [0.2, 0.25) is 0 Å². The van der Waals surface area contributed by atoms with Crippen LogP contribution in [0.15, 0.2) is 48.5 Å². The number of benzene rings is 2. The summed E-state index contributed by atoms with van der Waals surface area (Å²) in [5, 5.41) is 0.748. The third-order valence-corrected chi connectivity index (χ3v) is 9.38. The van der Waals surface area contributed by atoms with E-state index in [1.165, 1.54) is 17.1 Å². The van der Waals surface area contributed by atoms with Crippen LogP contribution in [0.5, 0.6) is 0 Å². The van der Waals surface area contributed by atoms with E-state index >= 15 is 0 Å². The lowest BCUT2D eigenvalue weighted by molar-refractivity contribution is 0.0917. The van der Waals surface area contributed by atoms with Gasteiger partial charge in [0.25, 0.3) is 5.91 Å². The number of amides is 1. The summed E-state index contributed by atoms with van der Waals surface area (Å²) >= 11 is 5.53. The Morgan fingerprint density at radius 2 is 1.90 bits per heavy atom. The van der Waals surface area contributed by atoms with E-state index in [0.29, 0.717) is 16.7 Å². The number of fused-ring (bicyclic) bond motifs is 1. The van der Waals surface area contributed by atoms with Crippen molar-refractivity contribution in [2.24, 2.45) is 0 Å². The molecule has 0 spiro atoms. The van der Waals surface area contributed by atoms with E-state index in [9.17, 15) is 4.79 Å². The number of hydrogen-bond acceptors (Lipinski definition) is 6. The lowest BCUT2D eigenvalue weighted by Gasteiger charge is -2.23. The van der Waals surface area contributed by atoms with E-state index < -0.39 is 0 Å². The highest BCUT2D eigenvalue weighted by Crippen LogP contribution is 2.45. The Kier molecular flexibility index (Phi) is 5.81. The monoisotopic (exact) mass is 442 g/mol. The van der Waals surface area contributed by atoms with Crippen LogP contribution in [-0.2, 0) is 4.74 Å². The Bertz CT molecular complexity index is 960. The molecule has 2 aliphatic rings. The smallest absolute Gasteiger partial charge is 0.260 e. The van der Waals surface area contributed by atoms with E-state index in [2.05, 4.69) is 18.2 Å². The zero-order valence-corrected chi connectivity index (χ0v) is 18.4. The van der Waals surface area contributed by atoms with Crippen molar-refractivity contribution in [1.82, 2.24) is 4.98 Å². The van der Waals surface area contributed by atoms with Gasteiger partial charge in [0.05, 0.1) is 27.4 Å². The van der Waals surface area contributed by atoms with Crippen molar-refractivity contribution < 1.29 is 9.53 Å². The minimum Gasteiger partial charge on any atom is -0.376 e. The molecule has 0 saturated carbocycles. The quantitative estimate of drug-likeness (QED) is 0.514. The summed E-state index contributed by atoms with van der Waals surface area (Å²) in [5.41, 5.74) is 2.93. The molecule has 1 amide bonds. The minimum atomic E-state index is -0.00201. The van der Waals surface area contributed by atoms with Gasteiger partial charge in [-0.05, 0) is 42.7 Å². The Labute approximate surface area is 183 Å². The first kappa shape index (κ1) is 19.4. The topological polar surface area (TPSA) is 42.4 Å². The average Bonchev–Trinajstić information content (AvgIpc) is 3.53. The SMILES string of the molecule is O=C(c1ccc(C2SCCS2)cc1)N(CC1CCCO1)c1nc2ccccc2s1. The molecular weight excluding hydrogens is 420 g/mol. The number of thiazole rings is 1. The summed E-state index contributed by atoms with van der Waals surface area (Å²) in [6, 6.07) is 16.2. The summed E-state index contributed by atoms with van der Waals surface area (Å²) in [6.45, 7) is 1.33. The Balaban J connectivity index is 1.43. The lowest BCUT2D eigenvalue weighted by Crippen LogP contribution is -2.37. The fourth-order valence-electron chi connectivity index (χ4n) is 3.70. The van der Waals surface area contributed by atoms with E-state index in [1.54, 1.807) is 11.3 Å². The molecule has 0 radical (unpaired) electrons. The minimum absolute atomic E-state index is 0.00201. The van der Waals surface area contributed by atoms with Crippen LogP contribution in [0.2, 0.25) is 0 Å². The molecule has 3 aromatic rings. The normalized spacial score (nSPS) is 19.8. The van der Waals surface area contributed by atoms with Crippen molar-refractivity contribution in [2.45, 2.75) is 23.5 Å². The Morgan fingerprint density at radius 3 is 2.62 bits per heavy atom. The maximum atomic E-state index is 13.5. The number of ether oxygens (including phenoxy) is 1. The van der Waals surface area contributed by atoms with E-state index in [1.807, 2.05) is 58.8 Å². The van der Waals surface area contributed by atoms with Crippen molar-refractivity contribution >= 4 is 56.1 Å². The number of carbonyl (C=O) groups excluding carboxylic acids is 1. The third kappa shape index (κ3) is 4.19. The van der Waals surface area contributed by atoms with Gasteiger partial charge < -0.3 is 4.74 Å². The largest absolute Gasteiger partial charge is 0.376 e. The fraction of sp³-hybridized carbons (Fsp3) is 0.364. The van der Waals surface area contributed by atoms with E-state index in [4.69, 9.17) is 9.72 Å². The second kappa shape index (κ2) is 8.68. The summed E-state index contributed by atoms with van der Waals surface area (Å²) in [6.07, 6.45) is 2.12. The van der Waals surface area contributed by atoms with Crippen LogP contribution in [0.3, 0.4) is 0 Å². The molecule has 1 atom stereocenters. The zero-order chi connectivity index (χ0) is 19.6. The highest BCUT2D eigenvalue weighted by atomic mass is 32.2. The first-order valence-corrected chi connectivity index (χ1v) is 12.8. The molecule has 2 saturated heterocycles. The van der Waals surface area contributed by atoms with Gasteiger partial charge in [-0.3, -0.25) is 9.69 Å². The van der Waals surface area contributed by atoms with Gasteiger partial charge in [0.15, 0.2) is 5.13 Å². The second-order valence-corrected chi connectivity index (χ2v) is 10.9. The number of hydrogen-bond donors (Lipinski definition) is 0. The van der Waals surface area contributed by atoms with Gasteiger partial charge in [-0.2, -0.15) is 0 Å². The number of aromatic nitrogens is 1. The molecular formula is C22H22N2O2S3. The number of thioether (sulfide) groups is 2. The highest BCUT2D eigenvalue weighted by molar-refractivity contribution is 8.19. The molecule has 0 aliphatic carbocycles. The molecule has 0 bridgehead atoms. The molecule has 2 aromatic carbocycles. The molecule has 1 unspecified atom stereocenters. The maximum Gasteiger partial charge on any atom is 0.260 e. The lowest BCUT2D eigenvalue weighted by atomic mass is 10.1. The number of rotatable bonds is 5. The molecule has 29 heavy (non-hydrogen) atoms. The van der Waals surface area contributed by atoms with Crippen LogP contribution in [0.4, 0.5) is 5.13 Å². The molecule has 150 valence electrons.